The third-order valence-corrected chi connectivity index (χ3v) is 4.96. The van der Waals surface area contributed by atoms with E-state index in [2.05, 4.69) is 5.32 Å². The first-order valence-electron chi connectivity index (χ1n) is 9.02. The van der Waals surface area contributed by atoms with E-state index in [0.717, 1.165) is 16.6 Å². The minimum Gasteiger partial charge on any atom is -0.481 e. The van der Waals surface area contributed by atoms with E-state index in [0.29, 0.717) is 17.9 Å². The van der Waals surface area contributed by atoms with Crippen LogP contribution in [0.25, 0.3) is 11.0 Å². The molecule has 142 valence electrons. The lowest BCUT2D eigenvalue weighted by atomic mass is 10.1. The molecule has 1 N–H and O–H groups in total. The molecule has 3 aromatic rings. The molecule has 0 aliphatic heterocycles. The molecule has 0 aliphatic carbocycles. The Balaban J connectivity index is 1.80. The van der Waals surface area contributed by atoms with E-state index < -0.39 is 6.10 Å². The van der Waals surface area contributed by atoms with E-state index in [9.17, 15) is 9.59 Å². The number of carbonyl (C=O) groups excluding carboxylic acids is 1. The first-order chi connectivity index (χ1) is 12.8. The Kier molecular flexibility index (Phi) is 5.08. The SMILES string of the molecule is CC[C@H](Oc1ccc(C)c(C)c1)C(=O)Nc1ccc2c(c1)n(C)c(=O)n2C. The van der Waals surface area contributed by atoms with Gasteiger partial charge in [0.25, 0.3) is 5.91 Å². The normalized spacial score (nSPS) is 12.2. The van der Waals surface area contributed by atoms with Crippen molar-refractivity contribution < 1.29 is 9.53 Å². The predicted molar refractivity (Wildman–Crippen MR) is 107 cm³/mol. The molecule has 6 nitrogen and oxygen atoms in total. The molecule has 27 heavy (non-hydrogen) atoms. The van der Waals surface area contributed by atoms with Crippen molar-refractivity contribution in [2.24, 2.45) is 14.1 Å². The molecule has 0 unspecified atom stereocenters. The Morgan fingerprint density at radius 1 is 1.04 bits per heavy atom. The maximum Gasteiger partial charge on any atom is 0.328 e. The summed E-state index contributed by atoms with van der Waals surface area (Å²) in [5, 5.41) is 2.90. The number of nitrogens with one attached hydrogen (secondary N) is 1. The number of rotatable bonds is 5. The number of ether oxygens (including phenoxy) is 1. The fourth-order valence-electron chi connectivity index (χ4n) is 3.08. The van der Waals surface area contributed by atoms with Crippen LogP contribution in [-0.2, 0) is 18.9 Å². The van der Waals surface area contributed by atoms with E-state index in [1.807, 2.05) is 45.0 Å². The number of aryl methyl sites for hydroxylation is 4. The number of hydrogen-bond acceptors (Lipinski definition) is 3. The summed E-state index contributed by atoms with van der Waals surface area (Å²) >= 11 is 0. The number of benzene rings is 2. The summed E-state index contributed by atoms with van der Waals surface area (Å²) < 4.78 is 9.04. The van der Waals surface area contributed by atoms with Crippen molar-refractivity contribution in [3.8, 4) is 5.75 Å². The lowest BCUT2D eigenvalue weighted by Gasteiger charge is -2.18. The Hall–Kier alpha value is -3.02. The van der Waals surface area contributed by atoms with Gasteiger partial charge in [0.15, 0.2) is 6.10 Å². The van der Waals surface area contributed by atoms with Crippen LogP contribution < -0.4 is 15.7 Å². The molecule has 0 bridgehead atoms. The van der Waals surface area contributed by atoms with Crippen molar-refractivity contribution in [3.63, 3.8) is 0 Å². The second-order valence-electron chi connectivity index (χ2n) is 6.85. The predicted octanol–water partition coefficient (Wildman–Crippen LogP) is 3.29. The highest BCUT2D eigenvalue weighted by Gasteiger charge is 2.19. The minimum absolute atomic E-state index is 0.0991. The number of anilines is 1. The first kappa shape index (κ1) is 18.8. The van der Waals surface area contributed by atoms with Gasteiger partial charge in [0.1, 0.15) is 5.75 Å². The quantitative estimate of drug-likeness (QED) is 0.753. The molecule has 3 rings (SSSR count). The Labute approximate surface area is 158 Å². The summed E-state index contributed by atoms with van der Waals surface area (Å²) in [6.07, 6.45) is -0.0486. The van der Waals surface area contributed by atoms with E-state index in [1.165, 1.54) is 5.56 Å². The van der Waals surface area contributed by atoms with Gasteiger partial charge in [-0.25, -0.2) is 4.79 Å². The van der Waals surface area contributed by atoms with Gasteiger partial charge in [0.2, 0.25) is 0 Å². The molecule has 0 saturated carbocycles. The number of aromatic nitrogens is 2. The summed E-state index contributed by atoms with van der Waals surface area (Å²) in [4.78, 5) is 24.7. The Morgan fingerprint density at radius 3 is 2.41 bits per heavy atom. The van der Waals surface area contributed by atoms with Crippen molar-refractivity contribution in [1.29, 1.82) is 0 Å². The van der Waals surface area contributed by atoms with Gasteiger partial charge >= 0.3 is 5.69 Å². The number of carbonyl (C=O) groups is 1. The van der Waals surface area contributed by atoms with Gasteiger partial charge < -0.3 is 10.1 Å². The third-order valence-electron chi connectivity index (χ3n) is 4.96. The van der Waals surface area contributed by atoms with Crippen LogP contribution in [-0.4, -0.2) is 21.1 Å². The van der Waals surface area contributed by atoms with Crippen molar-refractivity contribution in [2.45, 2.75) is 33.3 Å². The van der Waals surface area contributed by atoms with Gasteiger partial charge in [-0.15, -0.1) is 0 Å². The lowest BCUT2D eigenvalue weighted by molar-refractivity contribution is -0.122. The third kappa shape index (κ3) is 3.60. The van der Waals surface area contributed by atoms with E-state index in [-0.39, 0.29) is 11.6 Å². The molecule has 1 aromatic heterocycles. The van der Waals surface area contributed by atoms with Crippen molar-refractivity contribution in [3.05, 3.63) is 58.0 Å². The summed E-state index contributed by atoms with van der Waals surface area (Å²) in [5.74, 6) is 0.469. The van der Waals surface area contributed by atoms with Crippen LogP contribution in [0.4, 0.5) is 5.69 Å². The molecule has 6 heteroatoms. The monoisotopic (exact) mass is 367 g/mol. The maximum atomic E-state index is 12.7. The number of nitrogens with zero attached hydrogens (tertiary/aromatic N) is 2. The van der Waals surface area contributed by atoms with E-state index in [1.54, 1.807) is 35.4 Å². The van der Waals surface area contributed by atoms with Crippen molar-refractivity contribution in [2.75, 3.05) is 5.32 Å². The molecule has 0 fully saturated rings. The van der Waals surface area contributed by atoms with Gasteiger partial charge in [0, 0.05) is 19.8 Å². The lowest BCUT2D eigenvalue weighted by Crippen LogP contribution is -2.32. The molecule has 1 amide bonds. The molecule has 0 aliphatic rings. The molecule has 2 aromatic carbocycles. The number of imidazole rings is 1. The zero-order valence-corrected chi connectivity index (χ0v) is 16.4. The standard InChI is InChI=1S/C21H25N3O3/c1-6-19(27-16-9-7-13(2)14(3)11-16)20(25)22-15-8-10-17-18(12-15)24(5)21(26)23(17)4/h7-12,19H,6H2,1-5H3,(H,22,25)/t19-/m0/s1. The largest absolute Gasteiger partial charge is 0.481 e. The summed E-state index contributed by atoms with van der Waals surface area (Å²) in [6, 6.07) is 11.2. The highest BCUT2D eigenvalue weighted by Crippen LogP contribution is 2.21. The average Bonchev–Trinajstić information content (AvgIpc) is 2.86. The molecular formula is C21H25N3O3. The summed E-state index contributed by atoms with van der Waals surface area (Å²) in [5.41, 5.74) is 4.43. The second-order valence-corrected chi connectivity index (χ2v) is 6.85. The smallest absolute Gasteiger partial charge is 0.328 e. The highest BCUT2D eigenvalue weighted by atomic mass is 16.5. The molecule has 0 saturated heterocycles. The van der Waals surface area contributed by atoms with Gasteiger partial charge in [-0.2, -0.15) is 0 Å². The van der Waals surface area contributed by atoms with Gasteiger partial charge in [0.05, 0.1) is 11.0 Å². The minimum atomic E-state index is -0.595. The van der Waals surface area contributed by atoms with Crippen molar-refractivity contribution >= 4 is 22.6 Å². The zero-order chi connectivity index (χ0) is 19.7. The highest BCUT2D eigenvalue weighted by molar-refractivity contribution is 5.96. The van der Waals surface area contributed by atoms with E-state index in [4.69, 9.17) is 4.74 Å². The Morgan fingerprint density at radius 2 is 1.74 bits per heavy atom. The van der Waals surface area contributed by atoms with Gasteiger partial charge in [-0.05, 0) is 61.7 Å². The van der Waals surface area contributed by atoms with Crippen LogP contribution in [0.1, 0.15) is 24.5 Å². The first-order valence-corrected chi connectivity index (χ1v) is 9.02. The van der Waals surface area contributed by atoms with Crippen LogP contribution in [0.5, 0.6) is 5.75 Å². The summed E-state index contributed by atoms with van der Waals surface area (Å²) in [6.45, 7) is 5.97. The van der Waals surface area contributed by atoms with Crippen LogP contribution in [0.15, 0.2) is 41.2 Å². The second kappa shape index (κ2) is 7.31. The molecule has 0 spiro atoms. The van der Waals surface area contributed by atoms with Crippen LogP contribution in [0.2, 0.25) is 0 Å². The molecule has 1 atom stereocenters. The topological polar surface area (TPSA) is 65.3 Å². The maximum absolute atomic E-state index is 12.7. The van der Waals surface area contributed by atoms with Crippen LogP contribution >= 0.6 is 0 Å². The number of amides is 1. The fourth-order valence-corrected chi connectivity index (χ4v) is 3.08. The van der Waals surface area contributed by atoms with Crippen LogP contribution in [0, 0.1) is 13.8 Å². The summed E-state index contributed by atoms with van der Waals surface area (Å²) in [7, 11) is 3.45. The fraction of sp³-hybridized carbons (Fsp3) is 0.333. The van der Waals surface area contributed by atoms with Gasteiger partial charge in [-0.3, -0.25) is 13.9 Å². The average molecular weight is 367 g/mol. The zero-order valence-electron chi connectivity index (χ0n) is 16.4. The van der Waals surface area contributed by atoms with Crippen LogP contribution in [0.3, 0.4) is 0 Å². The van der Waals surface area contributed by atoms with Crippen molar-refractivity contribution in [1.82, 2.24) is 9.13 Å². The molecule has 1 heterocycles. The molecule has 0 radical (unpaired) electrons. The number of fused-ring (bicyclic) bond motifs is 1. The van der Waals surface area contributed by atoms with E-state index >= 15 is 0 Å². The number of hydrogen-bond donors (Lipinski definition) is 1. The Bertz CT molecular complexity index is 1060. The van der Waals surface area contributed by atoms with Gasteiger partial charge in [-0.1, -0.05) is 13.0 Å². The molecular weight excluding hydrogens is 342 g/mol.